The highest BCUT2D eigenvalue weighted by molar-refractivity contribution is 7.23. The average Bonchev–Trinajstić information content (AvgIpc) is 3.43. The molecule has 2 amide bonds. The second kappa shape index (κ2) is 9.25. The molecular formula is C23H17ClN4O5S2. The fourth-order valence-electron chi connectivity index (χ4n) is 4.00. The molecule has 5 rings (SSSR count). The van der Waals surface area contributed by atoms with Gasteiger partial charge < -0.3 is 15.0 Å². The number of benzene rings is 2. The second-order valence-electron chi connectivity index (χ2n) is 7.71. The molecule has 35 heavy (non-hydrogen) atoms. The number of ether oxygens (including phenoxy) is 1. The number of amides is 2. The molecular weight excluding hydrogens is 512 g/mol. The van der Waals surface area contributed by atoms with Gasteiger partial charge in [-0.2, -0.15) is 0 Å². The number of nitrogens with zero attached hydrogens (tertiary/aromatic N) is 3. The van der Waals surface area contributed by atoms with Gasteiger partial charge in [0.15, 0.2) is 0 Å². The monoisotopic (exact) mass is 528 g/mol. The number of methoxy groups -OCH3 is 1. The van der Waals surface area contributed by atoms with E-state index in [0.29, 0.717) is 24.5 Å². The van der Waals surface area contributed by atoms with Gasteiger partial charge in [0.05, 0.1) is 28.8 Å². The summed E-state index contributed by atoms with van der Waals surface area (Å²) in [5.74, 6) is -0.648. The average molecular weight is 529 g/mol. The van der Waals surface area contributed by atoms with Crippen molar-refractivity contribution in [2.45, 2.75) is 13.0 Å². The van der Waals surface area contributed by atoms with Crippen LogP contribution in [0.15, 0.2) is 42.5 Å². The number of fused-ring (bicyclic) bond motifs is 2. The zero-order chi connectivity index (χ0) is 24.7. The Labute approximate surface area is 212 Å². The summed E-state index contributed by atoms with van der Waals surface area (Å²) in [6.07, 6.45) is 0.130. The number of halogens is 1. The van der Waals surface area contributed by atoms with Gasteiger partial charge in [-0.1, -0.05) is 23.7 Å². The third-order valence-corrected chi connectivity index (χ3v) is 8.05. The smallest absolute Gasteiger partial charge is 0.409 e. The summed E-state index contributed by atoms with van der Waals surface area (Å²) in [6, 6.07) is 11.6. The lowest BCUT2D eigenvalue weighted by molar-refractivity contribution is -0.385. The predicted octanol–water partition coefficient (Wildman–Crippen LogP) is 5.96. The SMILES string of the molecule is COC(=O)N1CCc2c(sc(NC(=O)c3cc(Cl)ccc3[N+](=O)[O-])c2-c2nc3ccccc3s2)C1. The number of para-hydroxylation sites is 1. The Morgan fingerprint density at radius 1 is 1.23 bits per heavy atom. The van der Waals surface area contributed by atoms with Crippen molar-refractivity contribution in [3.05, 3.63) is 73.6 Å². The first-order chi connectivity index (χ1) is 16.9. The van der Waals surface area contributed by atoms with Gasteiger partial charge in [-0.25, -0.2) is 9.78 Å². The number of rotatable bonds is 4. The van der Waals surface area contributed by atoms with Crippen LogP contribution in [0.1, 0.15) is 20.8 Å². The summed E-state index contributed by atoms with van der Waals surface area (Å²) < 4.78 is 5.87. The van der Waals surface area contributed by atoms with Gasteiger partial charge in [0.2, 0.25) is 0 Å². The minimum absolute atomic E-state index is 0.139. The van der Waals surface area contributed by atoms with Gasteiger partial charge in [0.25, 0.3) is 11.6 Å². The van der Waals surface area contributed by atoms with E-state index < -0.39 is 16.9 Å². The summed E-state index contributed by atoms with van der Waals surface area (Å²) in [5, 5.41) is 15.8. The molecule has 3 heterocycles. The number of thiophene rings is 1. The molecule has 12 heteroatoms. The van der Waals surface area contributed by atoms with Gasteiger partial charge in [0.1, 0.15) is 15.6 Å². The highest BCUT2D eigenvalue weighted by Crippen LogP contribution is 2.46. The number of carbonyl (C=O) groups excluding carboxylic acids is 2. The molecule has 0 aliphatic carbocycles. The number of hydrogen-bond donors (Lipinski definition) is 1. The zero-order valence-electron chi connectivity index (χ0n) is 18.2. The lowest BCUT2D eigenvalue weighted by Crippen LogP contribution is -2.35. The number of nitro benzene ring substituents is 1. The Morgan fingerprint density at radius 2 is 2.03 bits per heavy atom. The van der Waals surface area contributed by atoms with E-state index in [0.717, 1.165) is 31.2 Å². The Morgan fingerprint density at radius 3 is 2.77 bits per heavy atom. The highest BCUT2D eigenvalue weighted by atomic mass is 35.5. The Kier molecular flexibility index (Phi) is 6.13. The number of nitro groups is 1. The summed E-state index contributed by atoms with van der Waals surface area (Å²) in [5.41, 5.74) is 2.12. The topological polar surface area (TPSA) is 115 Å². The van der Waals surface area contributed by atoms with Crippen molar-refractivity contribution in [3.8, 4) is 10.6 Å². The fraction of sp³-hybridized carbons (Fsp3) is 0.174. The number of thiazole rings is 1. The number of aromatic nitrogens is 1. The van der Waals surface area contributed by atoms with Crippen LogP contribution >= 0.6 is 34.3 Å². The molecule has 0 saturated carbocycles. The third-order valence-electron chi connectivity index (χ3n) is 5.62. The number of nitrogens with one attached hydrogen (secondary N) is 1. The molecule has 1 N–H and O–H groups in total. The summed E-state index contributed by atoms with van der Waals surface area (Å²) in [6.45, 7) is 0.791. The van der Waals surface area contributed by atoms with Crippen LogP contribution in [0.25, 0.3) is 20.8 Å². The van der Waals surface area contributed by atoms with E-state index in [1.165, 1.54) is 48.0 Å². The Bertz CT molecular complexity index is 1470. The number of anilines is 1. The van der Waals surface area contributed by atoms with Crippen LogP contribution in [-0.4, -0.2) is 40.5 Å². The minimum Gasteiger partial charge on any atom is -0.453 e. The van der Waals surface area contributed by atoms with Crippen LogP contribution in [0.4, 0.5) is 15.5 Å². The summed E-state index contributed by atoms with van der Waals surface area (Å²) in [7, 11) is 1.34. The third kappa shape index (κ3) is 4.33. The maximum Gasteiger partial charge on any atom is 0.409 e. The van der Waals surface area contributed by atoms with Crippen molar-refractivity contribution >= 4 is 67.2 Å². The van der Waals surface area contributed by atoms with Gasteiger partial charge >= 0.3 is 6.09 Å². The molecule has 9 nitrogen and oxygen atoms in total. The van der Waals surface area contributed by atoms with Crippen molar-refractivity contribution in [2.75, 3.05) is 19.0 Å². The second-order valence-corrected chi connectivity index (χ2v) is 10.3. The molecule has 0 spiro atoms. The van der Waals surface area contributed by atoms with Crippen molar-refractivity contribution in [3.63, 3.8) is 0 Å². The van der Waals surface area contributed by atoms with E-state index in [9.17, 15) is 19.7 Å². The van der Waals surface area contributed by atoms with Gasteiger partial charge in [-0.15, -0.1) is 22.7 Å². The molecule has 0 unspecified atom stereocenters. The largest absolute Gasteiger partial charge is 0.453 e. The van der Waals surface area contributed by atoms with Crippen LogP contribution in [0, 0.1) is 10.1 Å². The van der Waals surface area contributed by atoms with Gasteiger partial charge in [0, 0.05) is 28.1 Å². The molecule has 1 aliphatic rings. The molecule has 178 valence electrons. The molecule has 4 aromatic rings. The van der Waals surface area contributed by atoms with Crippen molar-refractivity contribution in [1.29, 1.82) is 0 Å². The van der Waals surface area contributed by atoms with E-state index in [1.54, 1.807) is 4.90 Å². The highest BCUT2D eigenvalue weighted by Gasteiger charge is 2.31. The summed E-state index contributed by atoms with van der Waals surface area (Å²) in [4.78, 5) is 43.4. The van der Waals surface area contributed by atoms with E-state index in [2.05, 4.69) is 5.32 Å². The lowest BCUT2D eigenvalue weighted by Gasteiger charge is -2.25. The van der Waals surface area contributed by atoms with Crippen LogP contribution in [0.5, 0.6) is 0 Å². The van der Waals surface area contributed by atoms with Crippen molar-refractivity contribution in [2.24, 2.45) is 0 Å². The zero-order valence-corrected chi connectivity index (χ0v) is 20.6. The Balaban J connectivity index is 1.60. The van der Waals surface area contributed by atoms with E-state index >= 15 is 0 Å². The molecule has 2 aromatic heterocycles. The molecule has 2 aromatic carbocycles. The maximum atomic E-state index is 13.2. The normalized spacial score (nSPS) is 12.9. The van der Waals surface area contributed by atoms with E-state index in [4.69, 9.17) is 21.3 Å². The van der Waals surface area contributed by atoms with E-state index in [-0.39, 0.29) is 16.3 Å². The molecule has 0 atom stereocenters. The van der Waals surface area contributed by atoms with Crippen LogP contribution < -0.4 is 5.32 Å². The molecule has 0 saturated heterocycles. The first-order valence-corrected chi connectivity index (χ1v) is 12.5. The molecule has 0 radical (unpaired) electrons. The minimum atomic E-state index is -0.648. The van der Waals surface area contributed by atoms with Gasteiger partial charge in [-0.05, 0) is 36.2 Å². The predicted molar refractivity (Wildman–Crippen MR) is 136 cm³/mol. The number of carbonyl (C=O) groups is 2. The van der Waals surface area contributed by atoms with Crippen LogP contribution in [-0.2, 0) is 17.7 Å². The van der Waals surface area contributed by atoms with Gasteiger partial charge in [-0.3, -0.25) is 14.9 Å². The quantitative estimate of drug-likeness (QED) is 0.258. The molecule has 0 bridgehead atoms. The number of hydrogen-bond acceptors (Lipinski definition) is 8. The summed E-state index contributed by atoms with van der Waals surface area (Å²) >= 11 is 8.84. The molecule has 1 aliphatic heterocycles. The first kappa shape index (κ1) is 23.2. The standard InChI is InChI=1S/C23H17ClN4O5S2/c1-33-23(30)27-9-8-13-18(11-27)35-22(19(13)21-25-15-4-2-3-5-17(15)34-21)26-20(29)14-10-12(24)6-7-16(14)28(31)32/h2-7,10H,8-9,11H2,1H3,(H,26,29). The van der Waals surface area contributed by atoms with Crippen molar-refractivity contribution in [1.82, 2.24) is 9.88 Å². The van der Waals surface area contributed by atoms with Crippen LogP contribution in [0.2, 0.25) is 5.02 Å². The van der Waals surface area contributed by atoms with E-state index in [1.807, 2.05) is 24.3 Å². The van der Waals surface area contributed by atoms with Crippen molar-refractivity contribution < 1.29 is 19.2 Å². The molecule has 0 fully saturated rings. The Hall–Kier alpha value is -3.54. The first-order valence-electron chi connectivity index (χ1n) is 10.4. The lowest BCUT2D eigenvalue weighted by atomic mass is 10.0. The van der Waals surface area contributed by atoms with Crippen LogP contribution in [0.3, 0.4) is 0 Å². The maximum absolute atomic E-state index is 13.2. The fourth-order valence-corrected chi connectivity index (χ4v) is 6.54.